The molecule has 11 heteroatoms. The summed E-state index contributed by atoms with van der Waals surface area (Å²) in [4.78, 5) is 41.2. The molecule has 3 N–H and O–H groups in total. The summed E-state index contributed by atoms with van der Waals surface area (Å²) < 4.78 is 28.7. The summed E-state index contributed by atoms with van der Waals surface area (Å²) in [6.45, 7) is 0.970. The van der Waals surface area contributed by atoms with Gasteiger partial charge >= 0.3 is 0 Å². The van der Waals surface area contributed by atoms with Crippen LogP contribution in [-0.2, 0) is 4.79 Å². The third-order valence-electron chi connectivity index (χ3n) is 8.64. The molecule has 9 nitrogen and oxygen atoms in total. The molecule has 42 heavy (non-hydrogen) atoms. The lowest BCUT2D eigenvalue weighted by atomic mass is 9.80. The zero-order chi connectivity index (χ0) is 29.0. The number of anilines is 2. The van der Waals surface area contributed by atoms with Gasteiger partial charge in [0.15, 0.2) is 0 Å². The van der Waals surface area contributed by atoms with Crippen LogP contribution in [0.25, 0.3) is 16.8 Å². The molecule has 0 bridgehead atoms. The second-order valence-corrected chi connectivity index (χ2v) is 11.7. The second-order valence-electron chi connectivity index (χ2n) is 11.7. The Bertz CT molecular complexity index is 1670. The molecule has 3 aromatic heterocycles. The number of nitrogens with zero attached hydrogens (tertiary/aromatic N) is 5. The van der Waals surface area contributed by atoms with Crippen molar-refractivity contribution in [2.24, 2.45) is 5.92 Å². The number of hydrogen-bond acceptors (Lipinski definition) is 6. The topological polar surface area (TPSA) is 119 Å². The standard InChI is InChI=1S/C31H31F2N7O2/c32-31(33)15-23(16-31)30(42)39-12-1-2-22(17-39)28-38-25(26-27(34)36-11-13-40(26)28)19-5-7-20(8-6-19)29(41)37-24-14-21(9-10-35-24)18-3-4-18/h5-11,13-14,18,22-23H,1-4,12,15-17H2,(H2,34,36)(H,35,37,41). The highest BCUT2D eigenvalue weighted by Gasteiger charge is 2.50. The largest absolute Gasteiger partial charge is 0.382 e. The monoisotopic (exact) mass is 571 g/mol. The van der Waals surface area contributed by atoms with Crippen LogP contribution in [0.1, 0.15) is 72.1 Å². The van der Waals surface area contributed by atoms with Crippen LogP contribution in [-0.4, -0.2) is 55.1 Å². The zero-order valence-corrected chi connectivity index (χ0v) is 23.0. The smallest absolute Gasteiger partial charge is 0.256 e. The minimum absolute atomic E-state index is 0.0877. The number of carbonyl (C=O) groups is 2. The minimum Gasteiger partial charge on any atom is -0.382 e. The predicted molar refractivity (Wildman–Crippen MR) is 153 cm³/mol. The van der Waals surface area contributed by atoms with Crippen molar-refractivity contribution in [1.29, 1.82) is 0 Å². The van der Waals surface area contributed by atoms with Crippen LogP contribution < -0.4 is 11.1 Å². The number of halogens is 2. The van der Waals surface area contributed by atoms with E-state index in [0.717, 1.165) is 24.2 Å². The average Bonchev–Trinajstić information content (AvgIpc) is 3.76. The van der Waals surface area contributed by atoms with Gasteiger partial charge in [-0.3, -0.25) is 14.0 Å². The molecule has 4 heterocycles. The number of benzene rings is 1. The molecular formula is C31H31F2N7O2. The predicted octanol–water partition coefficient (Wildman–Crippen LogP) is 5.25. The van der Waals surface area contributed by atoms with E-state index in [1.165, 1.54) is 18.4 Å². The van der Waals surface area contributed by atoms with Gasteiger partial charge in [0.2, 0.25) is 11.8 Å². The number of hydrogen-bond donors (Lipinski definition) is 2. The Kier molecular flexibility index (Phi) is 6.40. The van der Waals surface area contributed by atoms with E-state index in [9.17, 15) is 18.4 Å². The Morgan fingerprint density at radius 3 is 2.52 bits per heavy atom. The normalized spacial score (nSPS) is 20.3. The molecular weight excluding hydrogens is 540 g/mol. The van der Waals surface area contributed by atoms with Crippen LogP contribution in [0.4, 0.5) is 20.4 Å². The Morgan fingerprint density at radius 2 is 1.79 bits per heavy atom. The van der Waals surface area contributed by atoms with Crippen molar-refractivity contribution < 1.29 is 18.4 Å². The van der Waals surface area contributed by atoms with Gasteiger partial charge in [-0.25, -0.2) is 23.7 Å². The highest BCUT2D eigenvalue weighted by Crippen LogP contribution is 2.44. The molecule has 1 aromatic carbocycles. The van der Waals surface area contributed by atoms with E-state index in [1.807, 2.05) is 28.7 Å². The van der Waals surface area contributed by atoms with Gasteiger partial charge in [0.25, 0.3) is 5.91 Å². The quantitative estimate of drug-likeness (QED) is 0.326. The van der Waals surface area contributed by atoms with Gasteiger partial charge in [0.05, 0.1) is 0 Å². The summed E-state index contributed by atoms with van der Waals surface area (Å²) >= 11 is 0. The number of aromatic nitrogens is 4. The number of pyridine rings is 1. The zero-order valence-electron chi connectivity index (χ0n) is 23.0. The molecule has 2 amide bonds. The van der Waals surface area contributed by atoms with Crippen molar-refractivity contribution in [3.8, 4) is 11.3 Å². The Labute approximate surface area is 241 Å². The number of likely N-dealkylation sites (tertiary alicyclic amines) is 1. The molecule has 1 saturated heterocycles. The number of rotatable bonds is 6. The molecule has 1 atom stereocenters. The Morgan fingerprint density at radius 1 is 1.00 bits per heavy atom. The Balaban J connectivity index is 1.13. The first kappa shape index (κ1) is 26.5. The molecule has 3 fully saturated rings. The molecule has 7 rings (SSSR count). The Hall–Kier alpha value is -4.41. The SMILES string of the molecule is Nc1nccn2c(C3CCCN(C(=O)C4CC(F)(F)C4)C3)nc(-c3ccc(C(=O)Nc4cc(C5CC5)ccn4)cc3)c12. The first-order valence-electron chi connectivity index (χ1n) is 14.4. The highest BCUT2D eigenvalue weighted by molar-refractivity contribution is 6.04. The molecule has 0 spiro atoms. The number of carbonyl (C=O) groups excluding carboxylic acids is 2. The number of alkyl halides is 2. The maximum absolute atomic E-state index is 13.4. The van der Waals surface area contributed by atoms with E-state index in [4.69, 9.17) is 10.7 Å². The van der Waals surface area contributed by atoms with Crippen LogP contribution in [0.2, 0.25) is 0 Å². The van der Waals surface area contributed by atoms with Gasteiger partial charge in [0, 0.05) is 67.5 Å². The van der Waals surface area contributed by atoms with Crippen molar-refractivity contribution in [2.45, 2.75) is 56.3 Å². The summed E-state index contributed by atoms with van der Waals surface area (Å²) in [5.41, 5.74) is 10.0. The first-order valence-corrected chi connectivity index (χ1v) is 14.4. The number of nitrogen functional groups attached to an aromatic ring is 1. The number of fused-ring (bicyclic) bond motifs is 1. The second kappa shape index (κ2) is 10.1. The summed E-state index contributed by atoms with van der Waals surface area (Å²) in [5, 5.41) is 2.89. The summed E-state index contributed by atoms with van der Waals surface area (Å²) in [6, 6.07) is 11.1. The molecule has 0 radical (unpaired) electrons. The van der Waals surface area contributed by atoms with Crippen LogP contribution in [0.15, 0.2) is 55.0 Å². The summed E-state index contributed by atoms with van der Waals surface area (Å²) in [5.74, 6) is -1.73. The summed E-state index contributed by atoms with van der Waals surface area (Å²) in [6.07, 6.45) is 8.29. The molecule has 1 unspecified atom stereocenters. The lowest BCUT2D eigenvalue weighted by Gasteiger charge is -2.40. The molecule has 216 valence electrons. The molecule has 2 aliphatic carbocycles. The van der Waals surface area contributed by atoms with E-state index in [2.05, 4.69) is 15.3 Å². The first-order chi connectivity index (χ1) is 20.3. The maximum Gasteiger partial charge on any atom is 0.256 e. The number of nitrogens with one attached hydrogen (secondary N) is 1. The van der Waals surface area contributed by atoms with Gasteiger partial charge < -0.3 is 16.0 Å². The molecule has 1 aliphatic heterocycles. The van der Waals surface area contributed by atoms with Gasteiger partial charge in [0.1, 0.15) is 28.7 Å². The van der Waals surface area contributed by atoms with Gasteiger partial charge in [-0.15, -0.1) is 0 Å². The third kappa shape index (κ3) is 4.97. The number of amides is 2. The third-order valence-corrected chi connectivity index (χ3v) is 8.64. The number of piperidine rings is 1. The fourth-order valence-electron chi connectivity index (χ4n) is 6.21. The van der Waals surface area contributed by atoms with E-state index >= 15 is 0 Å². The van der Waals surface area contributed by atoms with Crippen LogP contribution in [0.3, 0.4) is 0 Å². The van der Waals surface area contributed by atoms with Gasteiger partial charge in [-0.05, 0) is 61.4 Å². The van der Waals surface area contributed by atoms with E-state index < -0.39 is 11.8 Å². The molecule has 3 aliphatic rings. The van der Waals surface area contributed by atoms with Gasteiger partial charge in [-0.2, -0.15) is 0 Å². The van der Waals surface area contributed by atoms with Gasteiger partial charge in [-0.1, -0.05) is 12.1 Å². The maximum atomic E-state index is 13.4. The summed E-state index contributed by atoms with van der Waals surface area (Å²) in [7, 11) is 0. The fourth-order valence-corrected chi connectivity index (χ4v) is 6.21. The fraction of sp³-hybridized carbons (Fsp3) is 0.387. The molecule has 4 aromatic rings. The van der Waals surface area contributed by atoms with Crippen molar-refractivity contribution in [3.05, 3.63) is 71.9 Å². The van der Waals surface area contributed by atoms with E-state index in [1.54, 1.807) is 35.6 Å². The highest BCUT2D eigenvalue weighted by atomic mass is 19.3. The average molecular weight is 572 g/mol. The van der Waals surface area contributed by atoms with Crippen LogP contribution >= 0.6 is 0 Å². The van der Waals surface area contributed by atoms with Crippen molar-refractivity contribution in [2.75, 3.05) is 24.1 Å². The van der Waals surface area contributed by atoms with Crippen molar-refractivity contribution in [3.63, 3.8) is 0 Å². The van der Waals surface area contributed by atoms with Crippen molar-refractivity contribution >= 4 is 29.0 Å². The lowest BCUT2D eigenvalue weighted by Crippen LogP contribution is -2.49. The number of imidazole rings is 1. The van der Waals surface area contributed by atoms with Crippen LogP contribution in [0, 0.1) is 5.92 Å². The molecule has 2 saturated carbocycles. The van der Waals surface area contributed by atoms with E-state index in [-0.39, 0.29) is 30.6 Å². The van der Waals surface area contributed by atoms with Crippen LogP contribution in [0.5, 0.6) is 0 Å². The lowest BCUT2D eigenvalue weighted by molar-refractivity contribution is -0.160. The van der Waals surface area contributed by atoms with Crippen molar-refractivity contribution in [1.82, 2.24) is 24.3 Å². The minimum atomic E-state index is -2.73. The van der Waals surface area contributed by atoms with E-state index in [0.29, 0.717) is 47.4 Å². The number of nitrogens with two attached hydrogens (primary N) is 1.